The predicted molar refractivity (Wildman–Crippen MR) is 42.9 cm³/mol. The van der Waals surface area contributed by atoms with Crippen molar-refractivity contribution in [2.75, 3.05) is 6.61 Å². The van der Waals surface area contributed by atoms with Gasteiger partial charge in [-0.3, -0.25) is 0 Å². The van der Waals surface area contributed by atoms with Crippen LogP contribution in [0.2, 0.25) is 0 Å². The predicted octanol–water partition coefficient (Wildman–Crippen LogP) is 2.30. The molecule has 1 unspecified atom stereocenters. The van der Waals surface area contributed by atoms with Gasteiger partial charge >= 0.3 is 0 Å². The summed E-state index contributed by atoms with van der Waals surface area (Å²) in [6, 6.07) is 0. The summed E-state index contributed by atoms with van der Waals surface area (Å²) in [6.07, 6.45) is 7.81. The van der Waals surface area contributed by atoms with Crippen molar-refractivity contribution in [3.63, 3.8) is 0 Å². The van der Waals surface area contributed by atoms with Gasteiger partial charge in [-0.2, -0.15) is 0 Å². The van der Waals surface area contributed by atoms with Gasteiger partial charge in [-0.15, -0.1) is 0 Å². The number of allylic oxidation sites excluding steroid dienone is 2. The third-order valence-corrected chi connectivity index (χ3v) is 1.63. The van der Waals surface area contributed by atoms with Gasteiger partial charge in [0.1, 0.15) is 0 Å². The van der Waals surface area contributed by atoms with Crippen LogP contribution in [-0.2, 0) is 4.74 Å². The van der Waals surface area contributed by atoms with E-state index >= 15 is 0 Å². The Balaban J connectivity index is 2.37. The minimum atomic E-state index is 0.327. The maximum absolute atomic E-state index is 5.40. The fourth-order valence-electron chi connectivity index (χ4n) is 1.05. The number of hydrogen-bond donors (Lipinski definition) is 0. The molecular weight excluding hydrogens is 124 g/mol. The molecule has 0 spiro atoms. The van der Waals surface area contributed by atoms with Crippen molar-refractivity contribution in [3.05, 3.63) is 23.8 Å². The highest BCUT2D eigenvalue weighted by Crippen LogP contribution is 2.11. The van der Waals surface area contributed by atoms with Crippen LogP contribution in [0.4, 0.5) is 0 Å². The maximum atomic E-state index is 5.40. The molecule has 1 aliphatic rings. The minimum Gasteiger partial charge on any atom is -0.374 e. The number of hydrogen-bond acceptors (Lipinski definition) is 1. The summed E-state index contributed by atoms with van der Waals surface area (Å²) in [5, 5.41) is 0. The van der Waals surface area contributed by atoms with Crippen LogP contribution in [0.5, 0.6) is 0 Å². The normalized spacial score (nSPS) is 24.6. The Morgan fingerprint density at radius 2 is 2.50 bits per heavy atom. The van der Waals surface area contributed by atoms with Gasteiger partial charge in [-0.25, -0.2) is 0 Å². The molecule has 10 heavy (non-hydrogen) atoms. The van der Waals surface area contributed by atoms with Gasteiger partial charge in [-0.1, -0.05) is 23.8 Å². The first-order valence-electron chi connectivity index (χ1n) is 3.79. The van der Waals surface area contributed by atoms with Crippen LogP contribution < -0.4 is 0 Å². The molecule has 0 aromatic rings. The molecule has 0 aromatic carbocycles. The summed E-state index contributed by atoms with van der Waals surface area (Å²) in [4.78, 5) is 0. The lowest BCUT2D eigenvalue weighted by atomic mass is 10.1. The van der Waals surface area contributed by atoms with Crippen molar-refractivity contribution in [1.82, 2.24) is 0 Å². The van der Waals surface area contributed by atoms with Crippen LogP contribution in [0.25, 0.3) is 0 Å². The zero-order valence-corrected chi connectivity index (χ0v) is 6.63. The van der Waals surface area contributed by atoms with E-state index in [1.807, 2.05) is 6.92 Å². The van der Waals surface area contributed by atoms with Gasteiger partial charge in [0.25, 0.3) is 0 Å². The molecule has 0 radical (unpaired) electrons. The first-order chi connectivity index (χ1) is 4.83. The smallest absolute Gasteiger partial charge is 0.0793 e. The standard InChI is InChI=1S/C9H14O/c1-3-10-9-6-4-8(2)5-7-9/h4-6,9H,3,7H2,1-2H3. The van der Waals surface area contributed by atoms with Crippen LogP contribution in [0.15, 0.2) is 23.8 Å². The summed E-state index contributed by atoms with van der Waals surface area (Å²) in [5.41, 5.74) is 1.34. The lowest BCUT2D eigenvalue weighted by Gasteiger charge is -2.13. The summed E-state index contributed by atoms with van der Waals surface area (Å²) < 4.78 is 5.40. The zero-order chi connectivity index (χ0) is 7.40. The molecule has 1 atom stereocenters. The highest BCUT2D eigenvalue weighted by atomic mass is 16.5. The second kappa shape index (κ2) is 3.57. The van der Waals surface area contributed by atoms with Gasteiger partial charge < -0.3 is 4.74 Å². The fourth-order valence-corrected chi connectivity index (χ4v) is 1.05. The molecule has 0 saturated carbocycles. The van der Waals surface area contributed by atoms with Crippen molar-refractivity contribution >= 4 is 0 Å². The van der Waals surface area contributed by atoms with Gasteiger partial charge in [0, 0.05) is 6.61 Å². The number of ether oxygens (including phenoxy) is 1. The Kier molecular flexibility index (Phi) is 2.69. The van der Waals surface area contributed by atoms with Crippen molar-refractivity contribution < 1.29 is 4.74 Å². The maximum Gasteiger partial charge on any atom is 0.0793 e. The molecule has 0 saturated heterocycles. The van der Waals surface area contributed by atoms with E-state index in [0.29, 0.717) is 6.10 Å². The van der Waals surface area contributed by atoms with Crippen molar-refractivity contribution in [2.45, 2.75) is 26.4 Å². The monoisotopic (exact) mass is 138 g/mol. The van der Waals surface area contributed by atoms with E-state index in [0.717, 1.165) is 13.0 Å². The van der Waals surface area contributed by atoms with E-state index < -0.39 is 0 Å². The van der Waals surface area contributed by atoms with Crippen molar-refractivity contribution in [3.8, 4) is 0 Å². The van der Waals surface area contributed by atoms with Gasteiger partial charge in [0.05, 0.1) is 6.10 Å². The molecule has 1 nitrogen and oxygen atoms in total. The Hall–Kier alpha value is -0.560. The zero-order valence-electron chi connectivity index (χ0n) is 6.63. The fraction of sp³-hybridized carbons (Fsp3) is 0.556. The van der Waals surface area contributed by atoms with Crippen LogP contribution in [0.1, 0.15) is 20.3 Å². The molecule has 0 N–H and O–H groups in total. The lowest BCUT2D eigenvalue weighted by Crippen LogP contribution is -2.10. The largest absolute Gasteiger partial charge is 0.374 e. The van der Waals surface area contributed by atoms with E-state index in [2.05, 4.69) is 25.2 Å². The lowest BCUT2D eigenvalue weighted by molar-refractivity contribution is 0.0975. The van der Waals surface area contributed by atoms with Gasteiger partial charge in [0.15, 0.2) is 0 Å². The molecular formula is C9H14O. The summed E-state index contributed by atoms with van der Waals surface area (Å²) in [5.74, 6) is 0. The Morgan fingerprint density at radius 1 is 1.70 bits per heavy atom. The quantitative estimate of drug-likeness (QED) is 0.569. The molecule has 56 valence electrons. The topological polar surface area (TPSA) is 9.23 Å². The van der Waals surface area contributed by atoms with E-state index in [9.17, 15) is 0 Å². The molecule has 1 aliphatic carbocycles. The SMILES string of the molecule is CCOC1C=CC(C)=CC1. The molecule has 1 heteroatoms. The molecule has 0 aliphatic heterocycles. The van der Waals surface area contributed by atoms with E-state index in [1.165, 1.54) is 5.57 Å². The Bertz CT molecular complexity index is 156. The van der Waals surface area contributed by atoms with E-state index in [4.69, 9.17) is 4.74 Å². The molecule has 0 amide bonds. The highest BCUT2D eigenvalue weighted by molar-refractivity contribution is 5.21. The van der Waals surface area contributed by atoms with Crippen LogP contribution in [0.3, 0.4) is 0 Å². The summed E-state index contributed by atoms with van der Waals surface area (Å²) >= 11 is 0. The van der Waals surface area contributed by atoms with Crippen molar-refractivity contribution in [2.24, 2.45) is 0 Å². The summed E-state index contributed by atoms with van der Waals surface area (Å²) in [6.45, 7) is 4.94. The second-order valence-electron chi connectivity index (χ2n) is 2.54. The minimum absolute atomic E-state index is 0.327. The van der Waals surface area contributed by atoms with Crippen LogP contribution in [0, 0.1) is 0 Å². The summed E-state index contributed by atoms with van der Waals surface area (Å²) in [7, 11) is 0. The average Bonchev–Trinajstić information content (AvgIpc) is 1.95. The molecule has 0 bridgehead atoms. The van der Waals surface area contributed by atoms with Gasteiger partial charge in [-0.05, 0) is 20.3 Å². The Labute approximate surface area is 62.4 Å². The number of rotatable bonds is 2. The first kappa shape index (κ1) is 7.55. The molecule has 0 heterocycles. The second-order valence-corrected chi connectivity index (χ2v) is 2.54. The van der Waals surface area contributed by atoms with E-state index in [-0.39, 0.29) is 0 Å². The third kappa shape index (κ3) is 1.99. The average molecular weight is 138 g/mol. The first-order valence-corrected chi connectivity index (χ1v) is 3.79. The van der Waals surface area contributed by atoms with Crippen LogP contribution >= 0.6 is 0 Å². The van der Waals surface area contributed by atoms with Crippen LogP contribution in [-0.4, -0.2) is 12.7 Å². The van der Waals surface area contributed by atoms with E-state index in [1.54, 1.807) is 0 Å². The molecule has 0 aromatic heterocycles. The van der Waals surface area contributed by atoms with Crippen molar-refractivity contribution in [1.29, 1.82) is 0 Å². The third-order valence-electron chi connectivity index (χ3n) is 1.63. The Morgan fingerprint density at radius 3 is 3.00 bits per heavy atom. The molecule has 0 fully saturated rings. The van der Waals surface area contributed by atoms with Gasteiger partial charge in [0.2, 0.25) is 0 Å². The molecule has 1 rings (SSSR count). The highest BCUT2D eigenvalue weighted by Gasteiger charge is 2.04.